The van der Waals surface area contributed by atoms with Crippen LogP contribution in [0.4, 0.5) is 5.00 Å². The van der Waals surface area contributed by atoms with Gasteiger partial charge >= 0.3 is 0 Å². The smallest absolute Gasteiger partial charge is 0.143 e. The van der Waals surface area contributed by atoms with Crippen molar-refractivity contribution < 1.29 is 0 Å². The van der Waals surface area contributed by atoms with Crippen LogP contribution in [0, 0.1) is 13.8 Å². The van der Waals surface area contributed by atoms with Gasteiger partial charge in [-0.3, -0.25) is 0 Å². The molecule has 0 bridgehead atoms. The maximum atomic E-state index is 5.92. The fourth-order valence-electron chi connectivity index (χ4n) is 1.92. The van der Waals surface area contributed by atoms with Gasteiger partial charge in [-0.1, -0.05) is 6.07 Å². The molecule has 1 aromatic carbocycles. The normalized spacial score (nSPS) is 11.2. The van der Waals surface area contributed by atoms with Gasteiger partial charge in [-0.15, -0.1) is 0 Å². The van der Waals surface area contributed by atoms with E-state index in [1.165, 1.54) is 17.1 Å². The number of imidazole rings is 1. The van der Waals surface area contributed by atoms with Gasteiger partial charge in [0.2, 0.25) is 0 Å². The van der Waals surface area contributed by atoms with Crippen LogP contribution in [0.2, 0.25) is 0 Å². The topological polar surface area (TPSA) is 67.6 Å². The van der Waals surface area contributed by atoms with Crippen molar-refractivity contribution in [1.82, 2.24) is 14.3 Å². The van der Waals surface area contributed by atoms with Crippen LogP contribution in [0.5, 0.6) is 0 Å². The van der Waals surface area contributed by atoms with Crippen LogP contribution in [0.25, 0.3) is 22.4 Å². The molecule has 0 spiro atoms. The Labute approximate surface area is 103 Å². The number of nitrogens with one attached hydrogen (secondary N) is 1. The van der Waals surface area contributed by atoms with E-state index in [2.05, 4.69) is 33.4 Å². The second kappa shape index (κ2) is 3.56. The van der Waals surface area contributed by atoms with Crippen molar-refractivity contribution >= 4 is 27.6 Å². The molecule has 0 radical (unpaired) electrons. The number of aromatic nitrogens is 3. The predicted octanol–water partition coefficient (Wildman–Crippen LogP) is 2.89. The number of hydrogen-bond acceptors (Lipinski definition) is 4. The molecule has 0 saturated heterocycles. The molecular formula is C12H12N4S. The first-order valence-corrected chi connectivity index (χ1v) is 6.11. The third-order valence-electron chi connectivity index (χ3n) is 2.76. The van der Waals surface area contributed by atoms with Crippen LogP contribution in [0.1, 0.15) is 11.3 Å². The van der Waals surface area contributed by atoms with E-state index in [0.717, 1.165) is 28.1 Å². The minimum atomic E-state index is 0.707. The lowest BCUT2D eigenvalue weighted by Gasteiger charge is -1.94. The van der Waals surface area contributed by atoms with E-state index in [4.69, 9.17) is 5.73 Å². The number of fused-ring (bicyclic) bond motifs is 1. The second-order valence-corrected chi connectivity index (χ2v) is 4.92. The predicted molar refractivity (Wildman–Crippen MR) is 71.1 cm³/mol. The largest absolute Gasteiger partial charge is 0.389 e. The summed E-state index contributed by atoms with van der Waals surface area (Å²) in [5.41, 5.74) is 11.0. The minimum Gasteiger partial charge on any atom is -0.389 e. The van der Waals surface area contributed by atoms with Gasteiger partial charge in [-0.25, -0.2) is 4.98 Å². The number of benzene rings is 1. The Morgan fingerprint density at radius 1 is 1.29 bits per heavy atom. The number of nitrogen functional groups attached to an aromatic ring is 1. The number of anilines is 1. The average Bonchev–Trinajstić information content (AvgIpc) is 2.81. The van der Waals surface area contributed by atoms with Gasteiger partial charge in [-0.2, -0.15) is 4.37 Å². The molecule has 3 aromatic rings. The summed E-state index contributed by atoms with van der Waals surface area (Å²) in [6.45, 7) is 4.01. The van der Waals surface area contributed by atoms with Crippen molar-refractivity contribution in [2.24, 2.45) is 0 Å². The van der Waals surface area contributed by atoms with Crippen molar-refractivity contribution in [3.63, 3.8) is 0 Å². The first-order chi connectivity index (χ1) is 8.15. The van der Waals surface area contributed by atoms with E-state index in [0.29, 0.717) is 5.00 Å². The van der Waals surface area contributed by atoms with Crippen LogP contribution < -0.4 is 5.73 Å². The molecule has 0 atom stereocenters. The number of nitrogens with two attached hydrogens (primary N) is 1. The molecule has 0 saturated carbocycles. The molecule has 2 aromatic heterocycles. The Balaban J connectivity index is 2.25. The summed E-state index contributed by atoms with van der Waals surface area (Å²) in [6, 6.07) is 6.14. The molecule has 0 fully saturated rings. The van der Waals surface area contributed by atoms with Crippen LogP contribution in [-0.2, 0) is 0 Å². The molecule has 3 N–H and O–H groups in total. The molecule has 2 heterocycles. The van der Waals surface area contributed by atoms with Crippen molar-refractivity contribution in [3.05, 3.63) is 29.5 Å². The Bertz CT molecular complexity index is 676. The molecule has 5 heteroatoms. The summed E-state index contributed by atoms with van der Waals surface area (Å²) in [4.78, 5) is 7.85. The van der Waals surface area contributed by atoms with Crippen LogP contribution in [0.15, 0.2) is 18.2 Å². The van der Waals surface area contributed by atoms with Gasteiger partial charge in [0.1, 0.15) is 10.8 Å². The summed E-state index contributed by atoms with van der Waals surface area (Å²) in [5.74, 6) is 0.800. The number of rotatable bonds is 1. The SMILES string of the molecule is Cc1ccc2nc(-c3c(C)nsc3N)[nH]c2c1. The standard InChI is InChI=1S/C12H12N4S/c1-6-3-4-8-9(5-6)15-12(14-8)10-7(2)16-17-11(10)13/h3-5H,13H2,1-2H3,(H,14,15). The average molecular weight is 244 g/mol. The number of aromatic amines is 1. The third-order valence-corrected chi connectivity index (χ3v) is 3.53. The lowest BCUT2D eigenvalue weighted by Crippen LogP contribution is -1.87. The fourth-order valence-corrected chi connectivity index (χ4v) is 2.58. The van der Waals surface area contributed by atoms with E-state index < -0.39 is 0 Å². The summed E-state index contributed by atoms with van der Waals surface area (Å²) in [7, 11) is 0. The summed E-state index contributed by atoms with van der Waals surface area (Å²) in [6.07, 6.45) is 0. The molecule has 4 nitrogen and oxygen atoms in total. The monoisotopic (exact) mass is 244 g/mol. The Morgan fingerprint density at radius 3 is 2.82 bits per heavy atom. The molecule has 0 unspecified atom stereocenters. The molecule has 3 rings (SSSR count). The Kier molecular flexibility index (Phi) is 2.16. The third kappa shape index (κ3) is 1.59. The van der Waals surface area contributed by atoms with Crippen molar-refractivity contribution in [2.45, 2.75) is 13.8 Å². The molecule has 0 aliphatic rings. The van der Waals surface area contributed by atoms with Crippen LogP contribution in [0.3, 0.4) is 0 Å². The number of H-pyrrole nitrogens is 1. The van der Waals surface area contributed by atoms with Gasteiger partial charge in [0.25, 0.3) is 0 Å². The van der Waals surface area contributed by atoms with E-state index >= 15 is 0 Å². The lowest BCUT2D eigenvalue weighted by molar-refractivity contribution is 1.28. The molecule has 86 valence electrons. The molecule has 17 heavy (non-hydrogen) atoms. The highest BCUT2D eigenvalue weighted by Gasteiger charge is 2.14. The zero-order chi connectivity index (χ0) is 12.0. The lowest BCUT2D eigenvalue weighted by atomic mass is 10.2. The highest BCUT2D eigenvalue weighted by molar-refractivity contribution is 7.10. The highest BCUT2D eigenvalue weighted by atomic mass is 32.1. The highest BCUT2D eigenvalue weighted by Crippen LogP contribution is 2.31. The van der Waals surface area contributed by atoms with Crippen molar-refractivity contribution in [1.29, 1.82) is 0 Å². The fraction of sp³-hybridized carbons (Fsp3) is 0.167. The zero-order valence-corrected chi connectivity index (χ0v) is 10.4. The Hall–Kier alpha value is -1.88. The molecule has 0 aliphatic heterocycles. The van der Waals surface area contributed by atoms with Crippen molar-refractivity contribution in [2.75, 3.05) is 5.73 Å². The van der Waals surface area contributed by atoms with E-state index in [9.17, 15) is 0 Å². The van der Waals surface area contributed by atoms with E-state index in [1.807, 2.05) is 13.0 Å². The minimum absolute atomic E-state index is 0.707. The van der Waals surface area contributed by atoms with E-state index in [-0.39, 0.29) is 0 Å². The van der Waals surface area contributed by atoms with Gasteiger partial charge in [0.15, 0.2) is 0 Å². The Morgan fingerprint density at radius 2 is 2.12 bits per heavy atom. The van der Waals surface area contributed by atoms with E-state index in [1.54, 1.807) is 0 Å². The number of aryl methyl sites for hydroxylation is 2. The summed E-state index contributed by atoms with van der Waals surface area (Å²) >= 11 is 1.31. The maximum absolute atomic E-state index is 5.92. The number of hydrogen-bond donors (Lipinski definition) is 2. The van der Waals surface area contributed by atoms with Gasteiger partial charge < -0.3 is 10.7 Å². The second-order valence-electron chi connectivity index (χ2n) is 4.11. The van der Waals surface area contributed by atoms with Gasteiger partial charge in [0.05, 0.1) is 22.3 Å². The summed E-state index contributed by atoms with van der Waals surface area (Å²) < 4.78 is 4.24. The van der Waals surface area contributed by atoms with Crippen molar-refractivity contribution in [3.8, 4) is 11.4 Å². The van der Waals surface area contributed by atoms with Crippen LogP contribution in [-0.4, -0.2) is 14.3 Å². The quantitative estimate of drug-likeness (QED) is 0.691. The van der Waals surface area contributed by atoms with Crippen LogP contribution >= 0.6 is 11.5 Å². The van der Waals surface area contributed by atoms with Gasteiger partial charge in [-0.05, 0) is 43.1 Å². The van der Waals surface area contributed by atoms with Gasteiger partial charge in [0, 0.05) is 0 Å². The maximum Gasteiger partial charge on any atom is 0.143 e. The first kappa shape index (κ1) is 10.3. The molecule has 0 amide bonds. The zero-order valence-electron chi connectivity index (χ0n) is 9.61. The first-order valence-electron chi connectivity index (χ1n) is 5.33. The molecular weight excluding hydrogens is 232 g/mol. The number of nitrogens with zero attached hydrogens (tertiary/aromatic N) is 2. The summed E-state index contributed by atoms with van der Waals surface area (Å²) in [5, 5.41) is 0.707. The molecule has 0 aliphatic carbocycles.